The highest BCUT2D eigenvalue weighted by atomic mass is 35.5. The molecular formula is C6H10Cl2N2. The van der Waals surface area contributed by atoms with Crippen LogP contribution in [0, 0.1) is 5.41 Å². The van der Waals surface area contributed by atoms with Crippen LogP contribution in [0.1, 0.15) is 13.8 Å². The zero-order valence-corrected chi connectivity index (χ0v) is 7.42. The first-order valence-corrected chi connectivity index (χ1v) is 3.65. The Kier molecular flexibility index (Phi) is 4.49. The van der Waals surface area contributed by atoms with Crippen molar-refractivity contribution in [3.8, 4) is 0 Å². The maximum Gasteiger partial charge on any atom is 0.123 e. The van der Waals surface area contributed by atoms with Gasteiger partial charge >= 0.3 is 0 Å². The molecule has 2 nitrogen and oxygen atoms in total. The van der Waals surface area contributed by atoms with E-state index >= 15 is 0 Å². The lowest BCUT2D eigenvalue weighted by Gasteiger charge is -2.06. The fourth-order valence-electron chi connectivity index (χ4n) is 0.429. The molecule has 0 aromatic rings. The molecule has 0 spiro atoms. The monoisotopic (exact) mass is 180 g/mol. The summed E-state index contributed by atoms with van der Waals surface area (Å²) in [6, 6.07) is 0.264. The molecule has 0 heterocycles. The summed E-state index contributed by atoms with van der Waals surface area (Å²) < 4.78 is 0. The molecule has 0 radical (unpaired) electrons. The van der Waals surface area contributed by atoms with Gasteiger partial charge in [-0.3, -0.25) is 5.41 Å². The summed E-state index contributed by atoms with van der Waals surface area (Å²) in [5, 5.41) is 10.0. The van der Waals surface area contributed by atoms with Crippen molar-refractivity contribution in [2.45, 2.75) is 19.9 Å². The average molecular weight is 181 g/mol. The molecule has 2 N–H and O–H groups in total. The first-order chi connectivity index (χ1) is 4.52. The summed E-state index contributed by atoms with van der Waals surface area (Å²) >= 11 is 10.8. The molecule has 0 aromatic heterocycles. The van der Waals surface area contributed by atoms with Crippen molar-refractivity contribution in [2.24, 2.45) is 0 Å². The Morgan fingerprint density at radius 1 is 1.50 bits per heavy atom. The number of hydrogen-bond acceptors (Lipinski definition) is 2. The third kappa shape index (κ3) is 5.92. The van der Waals surface area contributed by atoms with Crippen LogP contribution in [0.4, 0.5) is 0 Å². The lowest BCUT2D eigenvalue weighted by molar-refractivity contribution is 0.693. The second kappa shape index (κ2) is 4.58. The minimum Gasteiger partial charge on any atom is -0.374 e. The molecular weight excluding hydrogens is 171 g/mol. The van der Waals surface area contributed by atoms with Gasteiger partial charge < -0.3 is 5.32 Å². The number of hydrogen-bond donors (Lipinski definition) is 2. The van der Waals surface area contributed by atoms with Gasteiger partial charge in [0.2, 0.25) is 0 Å². The van der Waals surface area contributed by atoms with E-state index in [1.54, 1.807) is 0 Å². The van der Waals surface area contributed by atoms with E-state index in [0.29, 0.717) is 5.16 Å². The van der Waals surface area contributed by atoms with E-state index in [2.05, 4.69) is 5.32 Å². The summed E-state index contributed by atoms with van der Waals surface area (Å²) in [5.41, 5.74) is 0. The van der Waals surface area contributed by atoms with Gasteiger partial charge in [-0.05, 0) is 13.8 Å². The minimum atomic E-state index is -0.0712. The van der Waals surface area contributed by atoms with Crippen molar-refractivity contribution in [1.82, 2.24) is 5.32 Å². The molecule has 0 bridgehead atoms. The van der Waals surface area contributed by atoms with Gasteiger partial charge in [-0.25, -0.2) is 0 Å². The Bertz CT molecular complexity index is 152. The van der Waals surface area contributed by atoms with Gasteiger partial charge in [-0.15, -0.1) is 0 Å². The van der Waals surface area contributed by atoms with Crippen molar-refractivity contribution in [3.63, 3.8) is 0 Å². The Balaban J connectivity index is 3.83. The van der Waals surface area contributed by atoms with E-state index in [1.807, 2.05) is 13.8 Å². The SMILES string of the molecule is CC(C)N/C(Cl)=C\C(=N)Cl. The molecule has 0 aromatic carbocycles. The number of nitrogens with one attached hydrogen (secondary N) is 2. The lowest BCUT2D eigenvalue weighted by atomic mass is 10.4. The molecule has 0 saturated carbocycles. The van der Waals surface area contributed by atoms with Crippen LogP contribution in [-0.2, 0) is 0 Å². The van der Waals surface area contributed by atoms with Crippen molar-refractivity contribution in [1.29, 1.82) is 5.41 Å². The predicted molar refractivity (Wildman–Crippen MR) is 45.8 cm³/mol. The van der Waals surface area contributed by atoms with Crippen LogP contribution in [0.5, 0.6) is 0 Å². The van der Waals surface area contributed by atoms with Crippen molar-refractivity contribution in [3.05, 3.63) is 11.2 Å². The summed E-state index contributed by atoms with van der Waals surface area (Å²) in [6.45, 7) is 3.90. The van der Waals surface area contributed by atoms with Crippen LogP contribution < -0.4 is 5.32 Å². The lowest BCUT2D eigenvalue weighted by Crippen LogP contribution is -2.19. The van der Waals surface area contributed by atoms with Gasteiger partial charge in [0.05, 0.1) is 0 Å². The first kappa shape index (κ1) is 9.79. The normalized spacial score (nSPS) is 11.9. The zero-order chi connectivity index (χ0) is 8.15. The zero-order valence-electron chi connectivity index (χ0n) is 5.91. The third-order valence-corrected chi connectivity index (χ3v) is 1.01. The molecule has 0 saturated heterocycles. The van der Waals surface area contributed by atoms with E-state index in [-0.39, 0.29) is 11.2 Å². The van der Waals surface area contributed by atoms with Crippen molar-refractivity contribution < 1.29 is 0 Å². The maximum absolute atomic E-state index is 6.83. The van der Waals surface area contributed by atoms with Crippen LogP contribution in [0.2, 0.25) is 0 Å². The van der Waals surface area contributed by atoms with Crippen LogP contribution in [0.15, 0.2) is 11.2 Å². The summed E-state index contributed by atoms with van der Waals surface area (Å²) in [7, 11) is 0. The highest BCUT2D eigenvalue weighted by Gasteiger charge is 1.94. The average Bonchev–Trinajstić information content (AvgIpc) is 1.58. The van der Waals surface area contributed by atoms with E-state index in [4.69, 9.17) is 28.6 Å². The van der Waals surface area contributed by atoms with Crippen molar-refractivity contribution >= 4 is 28.4 Å². The molecule has 0 unspecified atom stereocenters. The molecule has 0 fully saturated rings. The van der Waals surface area contributed by atoms with E-state index in [9.17, 15) is 0 Å². The van der Waals surface area contributed by atoms with Crippen LogP contribution in [0.3, 0.4) is 0 Å². The summed E-state index contributed by atoms with van der Waals surface area (Å²) in [5.74, 6) is 0. The molecule has 10 heavy (non-hydrogen) atoms. The fourth-order valence-corrected chi connectivity index (χ4v) is 0.921. The minimum absolute atomic E-state index is 0.0712. The van der Waals surface area contributed by atoms with Crippen LogP contribution in [0.25, 0.3) is 0 Å². The highest BCUT2D eigenvalue weighted by Crippen LogP contribution is 1.99. The van der Waals surface area contributed by atoms with E-state index in [1.165, 1.54) is 6.08 Å². The molecule has 58 valence electrons. The second-order valence-corrected chi connectivity index (χ2v) is 2.95. The summed E-state index contributed by atoms with van der Waals surface area (Å²) in [6.07, 6.45) is 1.35. The molecule has 0 rings (SSSR count). The smallest absolute Gasteiger partial charge is 0.123 e. The Morgan fingerprint density at radius 3 is 2.30 bits per heavy atom. The third-order valence-electron chi connectivity index (χ3n) is 0.680. The van der Waals surface area contributed by atoms with E-state index < -0.39 is 0 Å². The summed E-state index contributed by atoms with van der Waals surface area (Å²) in [4.78, 5) is 0. The van der Waals surface area contributed by atoms with Gasteiger partial charge in [0.25, 0.3) is 0 Å². The molecule has 0 aliphatic rings. The fraction of sp³-hybridized carbons (Fsp3) is 0.500. The molecule has 0 amide bonds. The largest absolute Gasteiger partial charge is 0.374 e. The Hall–Kier alpha value is -0.210. The van der Waals surface area contributed by atoms with Crippen molar-refractivity contribution in [2.75, 3.05) is 0 Å². The highest BCUT2D eigenvalue weighted by molar-refractivity contribution is 6.68. The quantitative estimate of drug-likeness (QED) is 0.508. The predicted octanol–water partition coefficient (Wildman–Crippen LogP) is 2.28. The molecule has 0 aliphatic heterocycles. The standard InChI is InChI=1S/C6H10Cl2N2/c1-4(2)10-6(8)3-5(7)9/h3-4,9-10H,1-2H3/b6-3-,9-5?. The Labute approximate surface area is 70.7 Å². The number of allylic oxidation sites excluding steroid dienone is 1. The van der Waals surface area contributed by atoms with Gasteiger partial charge in [0.15, 0.2) is 0 Å². The second-order valence-electron chi connectivity index (χ2n) is 2.14. The van der Waals surface area contributed by atoms with Gasteiger partial charge in [-0.2, -0.15) is 0 Å². The molecule has 0 atom stereocenters. The Morgan fingerprint density at radius 2 is 2.00 bits per heavy atom. The number of rotatable bonds is 3. The van der Waals surface area contributed by atoms with Crippen LogP contribution in [-0.4, -0.2) is 11.2 Å². The number of halogens is 2. The van der Waals surface area contributed by atoms with Crippen LogP contribution >= 0.6 is 23.2 Å². The van der Waals surface area contributed by atoms with Gasteiger partial charge in [0, 0.05) is 12.1 Å². The molecule has 4 heteroatoms. The van der Waals surface area contributed by atoms with E-state index in [0.717, 1.165) is 0 Å². The topological polar surface area (TPSA) is 35.9 Å². The first-order valence-electron chi connectivity index (χ1n) is 2.90. The maximum atomic E-state index is 6.83. The molecule has 0 aliphatic carbocycles. The van der Waals surface area contributed by atoms with Gasteiger partial charge in [0.1, 0.15) is 10.3 Å². The van der Waals surface area contributed by atoms with Gasteiger partial charge in [-0.1, -0.05) is 23.2 Å².